The second-order valence-electron chi connectivity index (χ2n) is 6.22. The van der Waals surface area contributed by atoms with Crippen molar-refractivity contribution in [2.24, 2.45) is 0 Å². The number of nitrogens with one attached hydrogen (secondary N) is 1. The van der Waals surface area contributed by atoms with Crippen molar-refractivity contribution in [1.29, 1.82) is 0 Å². The third kappa shape index (κ3) is 4.92. The fraction of sp³-hybridized carbons (Fsp3) is 0.300. The third-order valence-corrected chi connectivity index (χ3v) is 4.63. The summed E-state index contributed by atoms with van der Waals surface area (Å²) in [6.07, 6.45) is 0.203. The summed E-state index contributed by atoms with van der Waals surface area (Å²) in [5.41, 5.74) is 1.74. The Balaban J connectivity index is 1.49. The lowest BCUT2D eigenvalue weighted by Gasteiger charge is -2.14. The van der Waals surface area contributed by atoms with Gasteiger partial charge in [0.05, 0.1) is 25.2 Å². The first kappa shape index (κ1) is 19.0. The van der Waals surface area contributed by atoms with Crippen molar-refractivity contribution in [3.63, 3.8) is 0 Å². The summed E-state index contributed by atoms with van der Waals surface area (Å²) in [7, 11) is 1.53. The van der Waals surface area contributed by atoms with Gasteiger partial charge < -0.3 is 14.8 Å². The van der Waals surface area contributed by atoms with E-state index in [0.29, 0.717) is 35.8 Å². The topological polar surface area (TPSA) is 67.9 Å². The summed E-state index contributed by atoms with van der Waals surface area (Å²) in [4.78, 5) is 25.6. The molecule has 27 heavy (non-hydrogen) atoms. The minimum Gasteiger partial charge on any atom is -0.495 e. The monoisotopic (exact) mass is 388 g/mol. The molecule has 2 aromatic carbocycles. The number of halogens is 1. The molecule has 0 spiro atoms. The number of aryl methyl sites for hydroxylation is 1. The molecule has 0 saturated carbocycles. The van der Waals surface area contributed by atoms with Crippen LogP contribution in [0.2, 0.25) is 5.02 Å². The van der Waals surface area contributed by atoms with Crippen LogP contribution in [0.5, 0.6) is 5.75 Å². The van der Waals surface area contributed by atoms with Crippen LogP contribution < -0.4 is 15.0 Å². The zero-order valence-electron chi connectivity index (χ0n) is 15.0. The van der Waals surface area contributed by atoms with E-state index in [-0.39, 0.29) is 12.5 Å². The van der Waals surface area contributed by atoms with Crippen LogP contribution in [0.15, 0.2) is 48.5 Å². The molecule has 0 aromatic heterocycles. The number of benzene rings is 2. The number of carbonyl (C=O) groups is 2. The molecule has 2 aromatic rings. The quantitative estimate of drug-likeness (QED) is 0.789. The number of hydrogen-bond donors (Lipinski definition) is 1. The Bertz CT molecular complexity index is 813. The lowest BCUT2D eigenvalue weighted by molar-refractivity contribution is -0.121. The number of carbonyl (C=O) groups excluding carboxylic acids is 2. The lowest BCUT2D eigenvalue weighted by atomic mass is 10.1. The zero-order valence-corrected chi connectivity index (χ0v) is 15.7. The first-order chi connectivity index (χ1) is 13.1. The smallest absolute Gasteiger partial charge is 0.414 e. The van der Waals surface area contributed by atoms with E-state index in [2.05, 4.69) is 5.32 Å². The summed E-state index contributed by atoms with van der Waals surface area (Å²) in [6, 6.07) is 14.9. The summed E-state index contributed by atoms with van der Waals surface area (Å²) in [6.45, 7) is 0.625. The third-order valence-electron chi connectivity index (χ3n) is 4.33. The Morgan fingerprint density at radius 3 is 2.78 bits per heavy atom. The highest BCUT2D eigenvalue weighted by Crippen LogP contribution is 2.31. The van der Waals surface area contributed by atoms with Crippen LogP contribution in [0.3, 0.4) is 0 Å². The largest absolute Gasteiger partial charge is 0.495 e. The fourth-order valence-corrected chi connectivity index (χ4v) is 3.13. The molecule has 0 radical (unpaired) electrons. The number of methoxy groups -OCH3 is 1. The first-order valence-electron chi connectivity index (χ1n) is 8.69. The minimum absolute atomic E-state index is 0.0687. The van der Waals surface area contributed by atoms with Gasteiger partial charge in [0.25, 0.3) is 0 Å². The van der Waals surface area contributed by atoms with Crippen LogP contribution in [0.4, 0.5) is 10.5 Å². The number of nitrogens with zero attached hydrogens (tertiary/aromatic N) is 1. The van der Waals surface area contributed by atoms with Gasteiger partial charge in [-0.2, -0.15) is 0 Å². The average Bonchev–Trinajstić information content (AvgIpc) is 3.06. The molecule has 2 amide bonds. The Labute approximate surface area is 163 Å². The highest BCUT2D eigenvalue weighted by Gasteiger charge is 2.32. The summed E-state index contributed by atoms with van der Waals surface area (Å²) < 4.78 is 10.5. The van der Waals surface area contributed by atoms with Gasteiger partial charge in [-0.3, -0.25) is 9.69 Å². The Kier molecular flexibility index (Phi) is 6.19. The van der Waals surface area contributed by atoms with Crippen LogP contribution in [0.1, 0.15) is 12.0 Å². The minimum atomic E-state index is -0.459. The van der Waals surface area contributed by atoms with Crippen LogP contribution in [0, 0.1) is 0 Å². The van der Waals surface area contributed by atoms with Crippen molar-refractivity contribution in [2.75, 3.05) is 25.1 Å². The fourth-order valence-electron chi connectivity index (χ4n) is 2.88. The van der Waals surface area contributed by atoms with Gasteiger partial charge in [0.15, 0.2) is 0 Å². The molecule has 7 heteroatoms. The molecule has 1 unspecified atom stereocenters. The summed E-state index contributed by atoms with van der Waals surface area (Å²) in [5.74, 6) is 0.469. The Morgan fingerprint density at radius 1 is 1.30 bits per heavy atom. The second kappa shape index (κ2) is 8.77. The molecule has 1 fully saturated rings. The molecule has 0 bridgehead atoms. The highest BCUT2D eigenvalue weighted by molar-refractivity contribution is 6.32. The van der Waals surface area contributed by atoms with E-state index in [4.69, 9.17) is 21.1 Å². The highest BCUT2D eigenvalue weighted by atomic mass is 35.5. The van der Waals surface area contributed by atoms with Crippen molar-refractivity contribution in [3.05, 3.63) is 59.1 Å². The maximum atomic E-state index is 12.1. The molecule has 1 saturated heterocycles. The predicted octanol–water partition coefficient (Wildman–Crippen LogP) is 3.42. The normalized spacial score (nSPS) is 16.1. The van der Waals surface area contributed by atoms with Gasteiger partial charge >= 0.3 is 6.09 Å². The van der Waals surface area contributed by atoms with Gasteiger partial charge in [-0.25, -0.2) is 4.79 Å². The SMILES string of the molecule is COc1ccc(N2CC(CNC(=O)CCc3ccccc3)OC2=O)cc1Cl. The number of cyclic esters (lactones) is 1. The Morgan fingerprint density at radius 2 is 2.07 bits per heavy atom. The molecule has 1 aliphatic rings. The molecule has 1 atom stereocenters. The maximum absolute atomic E-state index is 12.1. The van der Waals surface area contributed by atoms with Crippen molar-refractivity contribution in [1.82, 2.24) is 5.32 Å². The summed E-state index contributed by atoms with van der Waals surface area (Å²) in [5, 5.41) is 3.25. The molecule has 0 aliphatic carbocycles. The molecule has 1 aliphatic heterocycles. The predicted molar refractivity (Wildman–Crippen MR) is 103 cm³/mol. The van der Waals surface area contributed by atoms with E-state index in [1.165, 1.54) is 12.0 Å². The van der Waals surface area contributed by atoms with Crippen LogP contribution in [0.25, 0.3) is 0 Å². The number of rotatable bonds is 7. The van der Waals surface area contributed by atoms with Crippen LogP contribution in [-0.2, 0) is 16.0 Å². The van der Waals surface area contributed by atoms with E-state index in [9.17, 15) is 9.59 Å². The van der Waals surface area contributed by atoms with Gasteiger partial charge in [-0.05, 0) is 30.2 Å². The van der Waals surface area contributed by atoms with E-state index in [1.807, 2.05) is 30.3 Å². The lowest BCUT2D eigenvalue weighted by Crippen LogP contribution is -2.34. The molecular weight excluding hydrogens is 368 g/mol. The molecule has 6 nitrogen and oxygen atoms in total. The zero-order chi connectivity index (χ0) is 19.2. The van der Waals surface area contributed by atoms with Gasteiger partial charge in [-0.15, -0.1) is 0 Å². The first-order valence-corrected chi connectivity index (χ1v) is 9.07. The number of amides is 2. The molecule has 142 valence electrons. The molecule has 1 N–H and O–H groups in total. The van der Waals surface area contributed by atoms with E-state index >= 15 is 0 Å². The van der Waals surface area contributed by atoms with Crippen molar-refractivity contribution >= 4 is 29.3 Å². The molecule has 3 rings (SSSR count). The van der Waals surface area contributed by atoms with Gasteiger partial charge in [0, 0.05) is 12.1 Å². The van der Waals surface area contributed by atoms with E-state index in [1.54, 1.807) is 18.2 Å². The van der Waals surface area contributed by atoms with E-state index < -0.39 is 12.2 Å². The van der Waals surface area contributed by atoms with Crippen LogP contribution in [-0.4, -0.2) is 38.3 Å². The van der Waals surface area contributed by atoms with Crippen molar-refractivity contribution in [3.8, 4) is 5.75 Å². The maximum Gasteiger partial charge on any atom is 0.414 e. The van der Waals surface area contributed by atoms with E-state index in [0.717, 1.165) is 5.56 Å². The van der Waals surface area contributed by atoms with Crippen molar-refractivity contribution in [2.45, 2.75) is 18.9 Å². The second-order valence-corrected chi connectivity index (χ2v) is 6.63. The average molecular weight is 389 g/mol. The van der Waals surface area contributed by atoms with Crippen molar-refractivity contribution < 1.29 is 19.1 Å². The van der Waals surface area contributed by atoms with Gasteiger partial charge in [-0.1, -0.05) is 41.9 Å². The standard InChI is InChI=1S/C20H21ClN2O4/c1-26-18-9-8-15(11-17(18)21)23-13-16(27-20(23)25)12-22-19(24)10-7-14-5-3-2-4-6-14/h2-6,8-9,11,16H,7,10,12-13H2,1H3,(H,22,24). The Hall–Kier alpha value is -2.73. The van der Waals surface area contributed by atoms with Gasteiger partial charge in [0.1, 0.15) is 11.9 Å². The van der Waals surface area contributed by atoms with Gasteiger partial charge in [0.2, 0.25) is 5.91 Å². The van der Waals surface area contributed by atoms with Crippen LogP contribution >= 0.6 is 11.6 Å². The summed E-state index contributed by atoms with van der Waals surface area (Å²) >= 11 is 6.12. The number of hydrogen-bond acceptors (Lipinski definition) is 4. The number of ether oxygens (including phenoxy) is 2. The molecular formula is C20H21ClN2O4. The number of anilines is 1. The molecule has 1 heterocycles.